The van der Waals surface area contributed by atoms with Gasteiger partial charge in [-0.2, -0.15) is 13.2 Å². The summed E-state index contributed by atoms with van der Waals surface area (Å²) >= 11 is 5.77. The van der Waals surface area contributed by atoms with Gasteiger partial charge in [-0.1, -0.05) is 11.6 Å². The van der Waals surface area contributed by atoms with Crippen molar-refractivity contribution in [2.75, 3.05) is 11.7 Å². The molecule has 0 bridgehead atoms. The van der Waals surface area contributed by atoms with Crippen LogP contribution in [0.3, 0.4) is 0 Å². The zero-order valence-electron chi connectivity index (χ0n) is 10.3. The minimum atomic E-state index is -4.55. The third-order valence-corrected chi connectivity index (χ3v) is 3.59. The lowest BCUT2D eigenvalue weighted by Gasteiger charge is -2.34. The molecule has 0 spiro atoms. The lowest BCUT2D eigenvalue weighted by Crippen LogP contribution is -2.50. The number of hydrogen-bond donors (Lipinski definition) is 1. The maximum Gasteiger partial charge on any atom is 0.410 e. The summed E-state index contributed by atoms with van der Waals surface area (Å²) in [7, 11) is 3.25. The predicted octanol–water partition coefficient (Wildman–Crippen LogP) is 3.09. The fourth-order valence-corrected chi connectivity index (χ4v) is 2.02. The molecule has 0 aromatic heterocycles. The number of hydrogen-bond acceptors (Lipinski definition) is 2. The van der Waals surface area contributed by atoms with E-state index in [-0.39, 0.29) is 16.3 Å². The number of halogens is 4. The van der Waals surface area contributed by atoms with Crippen LogP contribution >= 0.6 is 21.0 Å². The number of amides is 1. The lowest BCUT2D eigenvalue weighted by molar-refractivity contribution is -0.193. The molecule has 8 heteroatoms. The highest BCUT2D eigenvalue weighted by atomic mass is 35.5. The van der Waals surface area contributed by atoms with Crippen molar-refractivity contribution in [3.63, 3.8) is 0 Å². The molecule has 0 saturated heterocycles. The van der Waals surface area contributed by atoms with Gasteiger partial charge in [-0.25, -0.2) is 0 Å². The Labute approximate surface area is 116 Å². The van der Waals surface area contributed by atoms with Crippen molar-refractivity contribution in [1.82, 2.24) is 5.32 Å². The molecule has 1 N–H and O–H groups in total. The highest BCUT2D eigenvalue weighted by molar-refractivity contribution is 7.20. The van der Waals surface area contributed by atoms with Crippen molar-refractivity contribution < 1.29 is 18.0 Å². The first kappa shape index (κ1) is 16.2. The van der Waals surface area contributed by atoms with Gasteiger partial charge in [0.15, 0.2) is 0 Å². The summed E-state index contributed by atoms with van der Waals surface area (Å²) in [5, 5.41) is 2.41. The molecule has 2 atom stereocenters. The molecule has 0 aliphatic heterocycles. The molecular formula is C11H13ClF3N2OP. The van der Waals surface area contributed by atoms with Gasteiger partial charge >= 0.3 is 6.18 Å². The van der Waals surface area contributed by atoms with Crippen LogP contribution in [-0.2, 0) is 10.3 Å². The molecule has 0 fully saturated rings. The number of benzene rings is 1. The van der Waals surface area contributed by atoms with Crippen molar-refractivity contribution in [3.05, 3.63) is 28.8 Å². The third-order valence-electron chi connectivity index (χ3n) is 2.96. The monoisotopic (exact) mass is 312 g/mol. The first-order valence-corrected chi connectivity index (χ1v) is 6.11. The molecule has 1 aromatic carbocycles. The first-order chi connectivity index (χ1) is 8.67. The molecule has 1 unspecified atom stereocenters. The van der Waals surface area contributed by atoms with Crippen molar-refractivity contribution in [1.29, 1.82) is 0 Å². The Balaban J connectivity index is 3.54. The van der Waals surface area contributed by atoms with Crippen molar-refractivity contribution in [3.8, 4) is 0 Å². The Morgan fingerprint density at radius 1 is 1.42 bits per heavy atom. The first-order valence-electron chi connectivity index (χ1n) is 5.22. The standard InChI is InChI=1S/C11H13ClF3N2OP/c1-10(16-2,11(13,14)15)8-5-7(12)3-4-9(8)17(19)6-18/h3-6,16H,19H2,1-2H3/t10-/m0/s1. The maximum absolute atomic E-state index is 13.3. The number of carbonyl (C=O) groups excluding carboxylic acids is 1. The van der Waals surface area contributed by atoms with E-state index < -0.39 is 11.7 Å². The van der Waals surface area contributed by atoms with Crippen LogP contribution in [0, 0.1) is 0 Å². The van der Waals surface area contributed by atoms with Crippen LogP contribution in [0.15, 0.2) is 18.2 Å². The van der Waals surface area contributed by atoms with Gasteiger partial charge in [0.25, 0.3) is 0 Å². The number of rotatable bonds is 4. The molecule has 0 saturated carbocycles. The van der Waals surface area contributed by atoms with Crippen molar-refractivity contribution in [2.24, 2.45) is 0 Å². The van der Waals surface area contributed by atoms with Gasteiger partial charge in [-0.15, -0.1) is 0 Å². The Kier molecular flexibility index (Phi) is 4.82. The molecule has 0 aliphatic rings. The normalized spacial score (nSPS) is 14.9. The van der Waals surface area contributed by atoms with Crippen molar-refractivity contribution in [2.45, 2.75) is 18.6 Å². The second-order valence-corrected chi connectivity index (χ2v) is 5.04. The minimum absolute atomic E-state index is 0.110. The van der Waals surface area contributed by atoms with Gasteiger partial charge in [0.1, 0.15) is 5.54 Å². The summed E-state index contributed by atoms with van der Waals surface area (Å²) in [6.45, 7) is 0.992. The fourth-order valence-electron chi connectivity index (χ4n) is 1.62. The average molecular weight is 313 g/mol. The summed E-state index contributed by atoms with van der Waals surface area (Å²) in [6.07, 6.45) is -4.14. The van der Waals surface area contributed by atoms with E-state index in [0.29, 0.717) is 6.41 Å². The Morgan fingerprint density at radius 2 is 2.00 bits per heavy atom. The molecule has 0 radical (unpaired) electrons. The Bertz CT molecular complexity index is 483. The number of alkyl halides is 3. The predicted molar refractivity (Wildman–Crippen MR) is 72.2 cm³/mol. The van der Waals surface area contributed by atoms with E-state index in [9.17, 15) is 18.0 Å². The van der Waals surface area contributed by atoms with Crippen LogP contribution in [0.25, 0.3) is 0 Å². The molecule has 1 amide bonds. The van der Waals surface area contributed by atoms with Crippen LogP contribution in [0.4, 0.5) is 18.9 Å². The molecule has 19 heavy (non-hydrogen) atoms. The van der Waals surface area contributed by atoms with Gasteiger partial charge in [-0.3, -0.25) is 9.46 Å². The summed E-state index contributed by atoms with van der Waals surface area (Å²) in [5.41, 5.74) is -2.33. The number of anilines is 1. The zero-order chi connectivity index (χ0) is 14.8. The summed E-state index contributed by atoms with van der Waals surface area (Å²) in [5.74, 6) is 0. The molecule has 1 aromatic rings. The lowest BCUT2D eigenvalue weighted by atomic mass is 9.90. The van der Waals surface area contributed by atoms with Crippen LogP contribution in [-0.4, -0.2) is 19.6 Å². The minimum Gasteiger partial charge on any atom is -0.303 e. The van der Waals surface area contributed by atoms with E-state index in [1.54, 1.807) is 0 Å². The third kappa shape index (κ3) is 3.02. The average Bonchev–Trinajstić information content (AvgIpc) is 2.35. The van der Waals surface area contributed by atoms with Crippen LogP contribution in [0.1, 0.15) is 12.5 Å². The molecular weight excluding hydrogens is 300 g/mol. The number of carbonyl (C=O) groups is 1. The SMILES string of the molecule is CN[C@@](C)(c1cc(Cl)ccc1N(P)C=O)C(F)(F)F. The highest BCUT2D eigenvalue weighted by Gasteiger charge is 2.52. The van der Waals surface area contributed by atoms with Crippen molar-refractivity contribution >= 4 is 33.1 Å². The van der Waals surface area contributed by atoms with Crippen LogP contribution in [0.5, 0.6) is 0 Å². The Morgan fingerprint density at radius 3 is 2.42 bits per heavy atom. The smallest absolute Gasteiger partial charge is 0.303 e. The van der Waals surface area contributed by atoms with E-state index in [4.69, 9.17) is 11.6 Å². The fraction of sp³-hybridized carbons (Fsp3) is 0.364. The van der Waals surface area contributed by atoms with E-state index in [2.05, 4.69) is 5.32 Å². The molecule has 3 nitrogen and oxygen atoms in total. The number of nitrogens with zero attached hydrogens (tertiary/aromatic N) is 1. The zero-order valence-corrected chi connectivity index (χ0v) is 12.2. The second kappa shape index (κ2) is 5.65. The van der Waals surface area contributed by atoms with E-state index >= 15 is 0 Å². The van der Waals surface area contributed by atoms with Gasteiger partial charge < -0.3 is 5.32 Å². The van der Waals surface area contributed by atoms with Gasteiger partial charge in [0.2, 0.25) is 6.41 Å². The Hall–Kier alpha value is -0.840. The molecule has 0 heterocycles. The highest BCUT2D eigenvalue weighted by Crippen LogP contribution is 2.43. The largest absolute Gasteiger partial charge is 0.410 e. The summed E-state index contributed by atoms with van der Waals surface area (Å²) in [6, 6.07) is 3.98. The van der Waals surface area contributed by atoms with Gasteiger partial charge in [-0.05, 0) is 41.6 Å². The van der Waals surface area contributed by atoms with Crippen LogP contribution in [0.2, 0.25) is 5.02 Å². The van der Waals surface area contributed by atoms with Gasteiger partial charge in [0, 0.05) is 10.6 Å². The van der Waals surface area contributed by atoms with E-state index in [1.807, 2.05) is 9.39 Å². The van der Waals surface area contributed by atoms with E-state index in [1.165, 1.54) is 25.2 Å². The summed E-state index contributed by atoms with van der Waals surface area (Å²) < 4.78 is 40.7. The van der Waals surface area contributed by atoms with E-state index in [0.717, 1.165) is 11.6 Å². The molecule has 106 valence electrons. The maximum atomic E-state index is 13.3. The summed E-state index contributed by atoms with van der Waals surface area (Å²) in [4.78, 5) is 10.8. The van der Waals surface area contributed by atoms with Gasteiger partial charge in [0.05, 0.1) is 5.69 Å². The number of nitrogens with one attached hydrogen (secondary N) is 1. The quantitative estimate of drug-likeness (QED) is 0.684. The second-order valence-electron chi connectivity index (χ2n) is 4.05. The topological polar surface area (TPSA) is 32.3 Å². The van der Waals surface area contributed by atoms with Crippen LogP contribution < -0.4 is 9.99 Å². The molecule has 0 aliphatic carbocycles. The molecule has 1 rings (SSSR count).